The third-order valence-corrected chi connectivity index (χ3v) is 4.08. The average Bonchev–Trinajstić information content (AvgIpc) is 2.94. The van der Waals surface area contributed by atoms with Crippen LogP contribution in [0.25, 0.3) is 0 Å². The maximum Gasteiger partial charge on any atom is 0.148 e. The second kappa shape index (κ2) is 4.90. The van der Waals surface area contributed by atoms with Crippen molar-refractivity contribution in [3.63, 3.8) is 0 Å². The number of aromatic nitrogens is 1. The SMILES string of the molecule is N#Cc1c(N2CCCCC2)nc2c(c1C#N)CCC2. The molecule has 1 aliphatic heterocycles. The Labute approximate surface area is 113 Å². The first kappa shape index (κ1) is 12.0. The first-order chi connectivity index (χ1) is 9.35. The molecule has 3 rings (SSSR count). The summed E-state index contributed by atoms with van der Waals surface area (Å²) in [5.41, 5.74) is 3.12. The van der Waals surface area contributed by atoms with Crippen LogP contribution in [0.3, 0.4) is 0 Å². The van der Waals surface area contributed by atoms with Crippen LogP contribution < -0.4 is 4.90 Å². The second-order valence-corrected chi connectivity index (χ2v) is 5.24. The fraction of sp³-hybridized carbons (Fsp3) is 0.533. The highest BCUT2D eigenvalue weighted by molar-refractivity contribution is 5.65. The van der Waals surface area contributed by atoms with E-state index in [9.17, 15) is 10.5 Å². The quantitative estimate of drug-likeness (QED) is 0.769. The van der Waals surface area contributed by atoms with E-state index in [0.29, 0.717) is 11.1 Å². The van der Waals surface area contributed by atoms with Crippen molar-refractivity contribution >= 4 is 5.82 Å². The summed E-state index contributed by atoms with van der Waals surface area (Å²) in [4.78, 5) is 6.89. The summed E-state index contributed by atoms with van der Waals surface area (Å²) in [6, 6.07) is 4.45. The fourth-order valence-corrected chi connectivity index (χ4v) is 3.13. The average molecular weight is 252 g/mol. The minimum absolute atomic E-state index is 0.491. The molecule has 2 aliphatic rings. The summed E-state index contributed by atoms with van der Waals surface area (Å²) in [6.07, 6.45) is 6.41. The number of hydrogen-bond acceptors (Lipinski definition) is 4. The van der Waals surface area contributed by atoms with Gasteiger partial charge in [-0.15, -0.1) is 0 Å². The summed E-state index contributed by atoms with van der Waals surface area (Å²) in [5.74, 6) is 0.749. The van der Waals surface area contributed by atoms with Gasteiger partial charge in [-0.3, -0.25) is 0 Å². The molecule has 19 heavy (non-hydrogen) atoms. The molecule has 0 aromatic carbocycles. The molecule has 0 N–H and O–H groups in total. The standard InChI is InChI=1S/C15H16N4/c16-9-12-11-5-4-6-14(11)18-15(13(12)10-17)19-7-2-1-3-8-19/h1-8H2. The molecular formula is C15H16N4. The largest absolute Gasteiger partial charge is 0.355 e. The fourth-order valence-electron chi connectivity index (χ4n) is 3.13. The minimum Gasteiger partial charge on any atom is -0.355 e. The van der Waals surface area contributed by atoms with E-state index in [4.69, 9.17) is 4.98 Å². The van der Waals surface area contributed by atoms with Crippen LogP contribution in [0, 0.1) is 22.7 Å². The van der Waals surface area contributed by atoms with Gasteiger partial charge < -0.3 is 4.90 Å². The maximum atomic E-state index is 9.42. The number of anilines is 1. The first-order valence-electron chi connectivity index (χ1n) is 6.96. The van der Waals surface area contributed by atoms with E-state index in [2.05, 4.69) is 17.0 Å². The summed E-state index contributed by atoms with van der Waals surface area (Å²) < 4.78 is 0. The van der Waals surface area contributed by atoms with Gasteiger partial charge >= 0.3 is 0 Å². The molecule has 0 atom stereocenters. The molecule has 1 aromatic rings. The van der Waals surface area contributed by atoms with Gasteiger partial charge in [0.2, 0.25) is 0 Å². The zero-order valence-corrected chi connectivity index (χ0v) is 10.9. The monoisotopic (exact) mass is 252 g/mol. The lowest BCUT2D eigenvalue weighted by Gasteiger charge is -2.29. The van der Waals surface area contributed by atoms with Gasteiger partial charge in [0.1, 0.15) is 23.5 Å². The van der Waals surface area contributed by atoms with E-state index in [1.54, 1.807) is 0 Å². The molecular weight excluding hydrogens is 236 g/mol. The Hall–Kier alpha value is -2.07. The zero-order valence-electron chi connectivity index (χ0n) is 10.9. The van der Waals surface area contributed by atoms with Crippen LogP contribution in [-0.4, -0.2) is 18.1 Å². The van der Waals surface area contributed by atoms with Gasteiger partial charge in [-0.25, -0.2) is 4.98 Å². The molecule has 0 spiro atoms. The van der Waals surface area contributed by atoms with Crippen LogP contribution in [0.15, 0.2) is 0 Å². The minimum atomic E-state index is 0.491. The molecule has 1 aliphatic carbocycles. The number of rotatable bonds is 1. The lowest BCUT2D eigenvalue weighted by molar-refractivity contribution is 0.572. The number of pyridine rings is 1. The normalized spacial score (nSPS) is 17.7. The second-order valence-electron chi connectivity index (χ2n) is 5.24. The van der Waals surface area contributed by atoms with Crippen molar-refractivity contribution in [3.05, 3.63) is 22.4 Å². The highest BCUT2D eigenvalue weighted by atomic mass is 15.2. The number of aryl methyl sites for hydroxylation is 1. The molecule has 0 amide bonds. The van der Waals surface area contributed by atoms with E-state index in [-0.39, 0.29) is 0 Å². The van der Waals surface area contributed by atoms with Crippen molar-refractivity contribution in [2.24, 2.45) is 0 Å². The van der Waals surface area contributed by atoms with Crippen molar-refractivity contribution in [1.29, 1.82) is 10.5 Å². The first-order valence-corrected chi connectivity index (χ1v) is 6.96. The number of nitrogens with zero attached hydrogens (tertiary/aromatic N) is 4. The maximum absolute atomic E-state index is 9.42. The molecule has 0 saturated carbocycles. The molecule has 4 heteroatoms. The summed E-state index contributed by atoms with van der Waals surface area (Å²) in [5, 5.41) is 18.8. The molecule has 0 radical (unpaired) electrons. The van der Waals surface area contributed by atoms with Crippen molar-refractivity contribution in [2.75, 3.05) is 18.0 Å². The number of fused-ring (bicyclic) bond motifs is 1. The van der Waals surface area contributed by atoms with E-state index < -0.39 is 0 Å². The Kier molecular flexibility index (Phi) is 3.09. The highest BCUT2D eigenvalue weighted by Crippen LogP contribution is 2.32. The Morgan fingerprint density at radius 1 is 0.895 bits per heavy atom. The molecule has 0 unspecified atom stereocenters. The van der Waals surface area contributed by atoms with Gasteiger partial charge in [-0.05, 0) is 44.1 Å². The molecule has 4 nitrogen and oxygen atoms in total. The van der Waals surface area contributed by atoms with E-state index in [1.165, 1.54) is 6.42 Å². The zero-order chi connectivity index (χ0) is 13.2. The van der Waals surface area contributed by atoms with Crippen molar-refractivity contribution in [3.8, 4) is 12.1 Å². The van der Waals surface area contributed by atoms with E-state index in [0.717, 1.165) is 62.3 Å². The summed E-state index contributed by atoms with van der Waals surface area (Å²) in [7, 11) is 0. The van der Waals surface area contributed by atoms with Gasteiger partial charge in [0.25, 0.3) is 0 Å². The Bertz CT molecular complexity index is 586. The Morgan fingerprint density at radius 3 is 2.32 bits per heavy atom. The van der Waals surface area contributed by atoms with Gasteiger partial charge in [0, 0.05) is 18.8 Å². The van der Waals surface area contributed by atoms with E-state index >= 15 is 0 Å². The predicted octanol–water partition coefficient (Wildman–Crippen LogP) is 2.30. The highest BCUT2D eigenvalue weighted by Gasteiger charge is 2.26. The Morgan fingerprint density at radius 2 is 1.63 bits per heavy atom. The smallest absolute Gasteiger partial charge is 0.148 e. The third-order valence-electron chi connectivity index (χ3n) is 4.08. The van der Waals surface area contributed by atoms with Crippen LogP contribution in [0.4, 0.5) is 5.82 Å². The number of nitriles is 2. The van der Waals surface area contributed by atoms with Crippen molar-refractivity contribution in [2.45, 2.75) is 38.5 Å². The molecule has 1 fully saturated rings. The lowest BCUT2D eigenvalue weighted by Crippen LogP contribution is -2.31. The summed E-state index contributed by atoms with van der Waals surface area (Å²) in [6.45, 7) is 1.90. The molecule has 0 bridgehead atoms. The van der Waals surface area contributed by atoms with Crippen LogP contribution in [-0.2, 0) is 12.8 Å². The predicted molar refractivity (Wildman–Crippen MR) is 71.8 cm³/mol. The number of piperidine rings is 1. The van der Waals surface area contributed by atoms with Crippen LogP contribution in [0.5, 0.6) is 0 Å². The molecule has 1 saturated heterocycles. The number of hydrogen-bond donors (Lipinski definition) is 0. The van der Waals surface area contributed by atoms with Crippen LogP contribution in [0.2, 0.25) is 0 Å². The molecule has 96 valence electrons. The van der Waals surface area contributed by atoms with Gasteiger partial charge in [0.05, 0.1) is 5.56 Å². The van der Waals surface area contributed by atoms with Gasteiger partial charge in [-0.2, -0.15) is 10.5 Å². The summed E-state index contributed by atoms with van der Waals surface area (Å²) >= 11 is 0. The molecule has 2 heterocycles. The van der Waals surface area contributed by atoms with E-state index in [1.807, 2.05) is 0 Å². The Balaban J connectivity index is 2.14. The third kappa shape index (κ3) is 1.94. The molecule has 1 aromatic heterocycles. The van der Waals surface area contributed by atoms with Crippen molar-refractivity contribution < 1.29 is 0 Å². The van der Waals surface area contributed by atoms with Crippen molar-refractivity contribution in [1.82, 2.24) is 4.98 Å². The lowest BCUT2D eigenvalue weighted by atomic mass is 10.0. The van der Waals surface area contributed by atoms with Crippen LogP contribution >= 0.6 is 0 Å². The van der Waals surface area contributed by atoms with Gasteiger partial charge in [-0.1, -0.05) is 0 Å². The van der Waals surface area contributed by atoms with Crippen LogP contribution in [0.1, 0.15) is 48.1 Å². The topological polar surface area (TPSA) is 63.7 Å². The van der Waals surface area contributed by atoms with Gasteiger partial charge in [0.15, 0.2) is 0 Å².